The van der Waals surface area contributed by atoms with Gasteiger partial charge in [0.25, 0.3) is 0 Å². The first kappa shape index (κ1) is 12.9. The number of rotatable bonds is 3. The average molecular weight is 265 g/mol. The SMILES string of the molecule is CC1Cc2c(F)ccc(OCC3CNCCO3)c2C1. The highest BCUT2D eigenvalue weighted by molar-refractivity contribution is 5.44. The van der Waals surface area contributed by atoms with Gasteiger partial charge < -0.3 is 14.8 Å². The second-order valence-corrected chi connectivity index (χ2v) is 5.52. The van der Waals surface area contributed by atoms with Gasteiger partial charge in [0.15, 0.2) is 0 Å². The minimum absolute atomic E-state index is 0.0910. The Hall–Kier alpha value is -1.13. The van der Waals surface area contributed by atoms with E-state index < -0.39 is 0 Å². The largest absolute Gasteiger partial charge is 0.491 e. The fourth-order valence-electron chi connectivity index (χ4n) is 2.90. The highest BCUT2D eigenvalue weighted by Gasteiger charge is 2.25. The summed E-state index contributed by atoms with van der Waals surface area (Å²) in [5, 5.41) is 3.27. The van der Waals surface area contributed by atoms with Crippen LogP contribution in [-0.4, -0.2) is 32.4 Å². The number of morpholine rings is 1. The summed E-state index contributed by atoms with van der Waals surface area (Å²) in [7, 11) is 0. The van der Waals surface area contributed by atoms with E-state index in [0.717, 1.165) is 49.4 Å². The average Bonchev–Trinajstić information content (AvgIpc) is 2.82. The maximum atomic E-state index is 13.7. The number of ether oxygens (including phenoxy) is 2. The topological polar surface area (TPSA) is 30.5 Å². The van der Waals surface area contributed by atoms with Gasteiger partial charge in [-0.05, 0) is 36.5 Å². The quantitative estimate of drug-likeness (QED) is 0.906. The van der Waals surface area contributed by atoms with Crippen molar-refractivity contribution in [2.45, 2.75) is 25.9 Å². The van der Waals surface area contributed by atoms with E-state index in [4.69, 9.17) is 9.47 Å². The van der Waals surface area contributed by atoms with Crippen molar-refractivity contribution in [1.29, 1.82) is 0 Å². The standard InChI is InChI=1S/C15H20FNO2/c1-10-6-12-13(7-10)15(3-2-14(12)16)19-9-11-8-17-4-5-18-11/h2-3,10-11,17H,4-9H2,1H3. The van der Waals surface area contributed by atoms with Crippen LogP contribution in [0.25, 0.3) is 0 Å². The lowest BCUT2D eigenvalue weighted by atomic mass is 10.1. The molecule has 0 saturated carbocycles. The van der Waals surface area contributed by atoms with Crippen molar-refractivity contribution >= 4 is 0 Å². The van der Waals surface area contributed by atoms with E-state index >= 15 is 0 Å². The zero-order valence-electron chi connectivity index (χ0n) is 11.2. The second kappa shape index (κ2) is 5.47. The van der Waals surface area contributed by atoms with Crippen molar-refractivity contribution in [3.8, 4) is 5.75 Å². The molecule has 2 aliphatic rings. The Morgan fingerprint density at radius 3 is 3.00 bits per heavy atom. The molecule has 3 rings (SSSR count). The van der Waals surface area contributed by atoms with Crippen LogP contribution in [0.5, 0.6) is 5.75 Å². The Labute approximate surface area is 113 Å². The summed E-state index contributed by atoms with van der Waals surface area (Å²) < 4.78 is 25.2. The molecule has 2 unspecified atom stereocenters. The molecule has 1 heterocycles. The van der Waals surface area contributed by atoms with E-state index in [-0.39, 0.29) is 11.9 Å². The van der Waals surface area contributed by atoms with Gasteiger partial charge in [-0.2, -0.15) is 0 Å². The van der Waals surface area contributed by atoms with Crippen LogP contribution in [0.2, 0.25) is 0 Å². The number of fused-ring (bicyclic) bond motifs is 1. The summed E-state index contributed by atoms with van der Waals surface area (Å²) in [5.41, 5.74) is 1.89. The molecule has 0 amide bonds. The Morgan fingerprint density at radius 2 is 2.21 bits per heavy atom. The molecule has 19 heavy (non-hydrogen) atoms. The van der Waals surface area contributed by atoms with E-state index in [1.807, 2.05) is 0 Å². The van der Waals surface area contributed by atoms with Crippen molar-refractivity contribution in [2.24, 2.45) is 5.92 Å². The molecule has 0 radical (unpaired) electrons. The van der Waals surface area contributed by atoms with Crippen molar-refractivity contribution in [1.82, 2.24) is 5.32 Å². The first-order chi connectivity index (χ1) is 9.24. The Kier molecular flexibility index (Phi) is 3.71. The van der Waals surface area contributed by atoms with Crippen LogP contribution >= 0.6 is 0 Å². The highest BCUT2D eigenvalue weighted by atomic mass is 19.1. The van der Waals surface area contributed by atoms with Crippen LogP contribution in [0.3, 0.4) is 0 Å². The molecule has 0 spiro atoms. The summed E-state index contributed by atoms with van der Waals surface area (Å²) in [4.78, 5) is 0. The molecule has 1 fully saturated rings. The van der Waals surface area contributed by atoms with Crippen LogP contribution in [0.4, 0.5) is 4.39 Å². The third-order valence-corrected chi connectivity index (χ3v) is 3.87. The molecule has 104 valence electrons. The summed E-state index contributed by atoms with van der Waals surface area (Å²) in [5.74, 6) is 1.24. The van der Waals surface area contributed by atoms with Gasteiger partial charge in [0.2, 0.25) is 0 Å². The molecular formula is C15H20FNO2. The molecule has 0 bridgehead atoms. The molecule has 1 aliphatic heterocycles. The third-order valence-electron chi connectivity index (χ3n) is 3.87. The maximum absolute atomic E-state index is 13.7. The number of hydrogen-bond acceptors (Lipinski definition) is 3. The molecule has 1 N–H and O–H groups in total. The van der Waals surface area contributed by atoms with Crippen LogP contribution in [0.1, 0.15) is 18.1 Å². The van der Waals surface area contributed by atoms with E-state index in [1.165, 1.54) is 6.07 Å². The van der Waals surface area contributed by atoms with Crippen LogP contribution < -0.4 is 10.1 Å². The predicted octanol–water partition coefficient (Wildman–Crippen LogP) is 1.93. The lowest BCUT2D eigenvalue weighted by molar-refractivity contribution is 0.00000293. The highest BCUT2D eigenvalue weighted by Crippen LogP contribution is 2.35. The zero-order valence-corrected chi connectivity index (χ0v) is 11.2. The smallest absolute Gasteiger partial charge is 0.126 e. The van der Waals surface area contributed by atoms with Gasteiger partial charge in [-0.3, -0.25) is 0 Å². The first-order valence-corrected chi connectivity index (χ1v) is 6.99. The number of benzene rings is 1. The van der Waals surface area contributed by atoms with Crippen LogP contribution in [0, 0.1) is 11.7 Å². The van der Waals surface area contributed by atoms with E-state index in [9.17, 15) is 4.39 Å². The van der Waals surface area contributed by atoms with Gasteiger partial charge in [-0.1, -0.05) is 6.92 Å². The predicted molar refractivity (Wildman–Crippen MR) is 71.1 cm³/mol. The van der Waals surface area contributed by atoms with E-state index in [0.29, 0.717) is 12.5 Å². The number of hydrogen-bond donors (Lipinski definition) is 1. The third kappa shape index (κ3) is 2.74. The first-order valence-electron chi connectivity index (χ1n) is 6.99. The summed E-state index contributed by atoms with van der Waals surface area (Å²) >= 11 is 0. The number of nitrogens with one attached hydrogen (secondary N) is 1. The monoisotopic (exact) mass is 265 g/mol. The van der Waals surface area contributed by atoms with Gasteiger partial charge in [-0.25, -0.2) is 4.39 Å². The van der Waals surface area contributed by atoms with Crippen molar-refractivity contribution in [2.75, 3.05) is 26.3 Å². The molecule has 2 atom stereocenters. The second-order valence-electron chi connectivity index (χ2n) is 5.52. The summed E-state index contributed by atoms with van der Waals surface area (Å²) in [6.07, 6.45) is 1.82. The van der Waals surface area contributed by atoms with Gasteiger partial charge >= 0.3 is 0 Å². The normalized spacial score (nSPS) is 26.2. The fraction of sp³-hybridized carbons (Fsp3) is 0.600. The van der Waals surface area contributed by atoms with Gasteiger partial charge in [0.1, 0.15) is 24.3 Å². The molecule has 3 nitrogen and oxygen atoms in total. The van der Waals surface area contributed by atoms with Gasteiger partial charge in [0.05, 0.1) is 6.61 Å². The minimum Gasteiger partial charge on any atom is -0.491 e. The zero-order chi connectivity index (χ0) is 13.2. The van der Waals surface area contributed by atoms with Crippen molar-refractivity contribution in [3.63, 3.8) is 0 Å². The van der Waals surface area contributed by atoms with Crippen LogP contribution in [-0.2, 0) is 17.6 Å². The molecular weight excluding hydrogens is 245 g/mol. The summed E-state index contributed by atoms with van der Waals surface area (Å²) in [6, 6.07) is 3.27. The van der Waals surface area contributed by atoms with Gasteiger partial charge in [-0.15, -0.1) is 0 Å². The van der Waals surface area contributed by atoms with Crippen molar-refractivity contribution in [3.05, 3.63) is 29.1 Å². The molecule has 0 aromatic heterocycles. The number of halogens is 1. The lowest BCUT2D eigenvalue weighted by Gasteiger charge is -2.24. The Bertz CT molecular complexity index is 458. The van der Waals surface area contributed by atoms with E-state index in [2.05, 4.69) is 12.2 Å². The maximum Gasteiger partial charge on any atom is 0.126 e. The molecule has 1 aromatic rings. The molecule has 1 saturated heterocycles. The molecule has 4 heteroatoms. The van der Waals surface area contributed by atoms with Crippen LogP contribution in [0.15, 0.2) is 12.1 Å². The summed E-state index contributed by atoms with van der Waals surface area (Å²) in [6.45, 7) is 5.13. The molecule has 1 aromatic carbocycles. The Morgan fingerprint density at radius 1 is 1.37 bits per heavy atom. The fourth-order valence-corrected chi connectivity index (χ4v) is 2.90. The van der Waals surface area contributed by atoms with Crippen molar-refractivity contribution < 1.29 is 13.9 Å². The lowest BCUT2D eigenvalue weighted by Crippen LogP contribution is -2.41. The molecule has 1 aliphatic carbocycles. The Balaban J connectivity index is 1.70. The van der Waals surface area contributed by atoms with Gasteiger partial charge in [0, 0.05) is 18.7 Å². The van der Waals surface area contributed by atoms with E-state index in [1.54, 1.807) is 6.07 Å². The minimum atomic E-state index is -0.0951.